The molecule has 4 fully saturated rings. The Morgan fingerprint density at radius 2 is 1.64 bits per heavy atom. The molecule has 3 nitrogen and oxygen atoms in total. The molecule has 4 rings (SSSR count). The van der Waals surface area contributed by atoms with Gasteiger partial charge in [-0.3, -0.25) is 0 Å². The molecule has 0 bridgehead atoms. The molecule has 4 aliphatic rings. The fourth-order valence-corrected chi connectivity index (χ4v) is 7.27. The van der Waals surface area contributed by atoms with E-state index in [-0.39, 0.29) is 11.5 Å². The highest BCUT2D eigenvalue weighted by atomic mass is 16.3. The van der Waals surface area contributed by atoms with E-state index in [1.54, 1.807) is 0 Å². The molecule has 0 aromatic carbocycles. The van der Waals surface area contributed by atoms with E-state index in [2.05, 4.69) is 13.8 Å². The van der Waals surface area contributed by atoms with Crippen molar-refractivity contribution in [3.05, 3.63) is 0 Å². The summed E-state index contributed by atoms with van der Waals surface area (Å²) in [5, 5.41) is 10.5. The molecular weight excluding hydrogens is 272 g/mol. The molecule has 4 saturated carbocycles. The van der Waals surface area contributed by atoms with Crippen LogP contribution in [0.2, 0.25) is 0 Å². The number of nitrogens with one attached hydrogen (secondary N) is 1. The van der Waals surface area contributed by atoms with Crippen molar-refractivity contribution in [3.8, 4) is 0 Å². The van der Waals surface area contributed by atoms with E-state index in [4.69, 9.17) is 11.5 Å². The van der Waals surface area contributed by atoms with Crippen molar-refractivity contribution in [2.75, 3.05) is 0 Å². The van der Waals surface area contributed by atoms with Gasteiger partial charge in [0.05, 0.1) is 11.8 Å². The molecule has 0 amide bonds. The number of rotatable bonds is 0. The van der Waals surface area contributed by atoms with Gasteiger partial charge in [0.15, 0.2) is 0 Å². The Kier molecular flexibility index (Phi) is 3.30. The van der Waals surface area contributed by atoms with Crippen LogP contribution >= 0.6 is 0 Å². The lowest BCUT2D eigenvalue weighted by atomic mass is 9.44. The first kappa shape index (κ1) is 15.4. The van der Waals surface area contributed by atoms with Crippen molar-refractivity contribution < 1.29 is 5.11 Å². The number of nitrogens with two attached hydrogens (primary N) is 1. The molecule has 22 heavy (non-hydrogen) atoms. The number of hydrogen-bond acceptors (Lipinski definition) is 2. The summed E-state index contributed by atoms with van der Waals surface area (Å²) >= 11 is 0. The Labute approximate surface area is 135 Å². The fourth-order valence-electron chi connectivity index (χ4n) is 7.27. The summed E-state index contributed by atoms with van der Waals surface area (Å²) in [6, 6.07) is 0. The highest BCUT2D eigenvalue weighted by Crippen LogP contribution is 2.66. The van der Waals surface area contributed by atoms with Crippen molar-refractivity contribution in [2.24, 2.45) is 40.2 Å². The first-order chi connectivity index (χ1) is 10.3. The minimum absolute atomic E-state index is 0.0692. The quantitative estimate of drug-likeness (QED) is 0.720. The van der Waals surface area contributed by atoms with Crippen molar-refractivity contribution in [1.29, 1.82) is 0 Å². The zero-order valence-corrected chi connectivity index (χ0v) is 14.3. The van der Waals surface area contributed by atoms with Gasteiger partial charge in [0, 0.05) is 0 Å². The molecule has 125 valence electrons. The van der Waals surface area contributed by atoms with Gasteiger partial charge in [-0.2, -0.15) is 0 Å². The lowest BCUT2D eigenvalue weighted by molar-refractivity contribution is -0.129. The third kappa shape index (κ3) is 1.98. The van der Waals surface area contributed by atoms with Gasteiger partial charge < -0.3 is 10.8 Å². The van der Waals surface area contributed by atoms with Gasteiger partial charge in [-0.15, -0.1) is 0 Å². The molecule has 0 aliphatic heterocycles. The third-order valence-electron chi connectivity index (χ3n) is 8.74. The molecule has 4 N–H and O–H groups in total. The number of hydrogen-bond donors (Lipinski definition) is 2. The molecular formula is C19H33N2O. The van der Waals surface area contributed by atoms with E-state index in [0.29, 0.717) is 11.3 Å². The van der Waals surface area contributed by atoms with E-state index in [9.17, 15) is 5.11 Å². The van der Waals surface area contributed by atoms with Crippen molar-refractivity contribution in [1.82, 2.24) is 5.73 Å². The summed E-state index contributed by atoms with van der Waals surface area (Å²) in [6.45, 7) is 4.87. The topological polar surface area (TPSA) is 70.0 Å². The lowest BCUT2D eigenvalue weighted by Gasteiger charge is -2.61. The van der Waals surface area contributed by atoms with Gasteiger partial charge in [0.25, 0.3) is 0 Å². The molecule has 0 aromatic rings. The molecule has 0 aromatic heterocycles. The highest BCUT2D eigenvalue weighted by Gasteiger charge is 2.60. The van der Waals surface area contributed by atoms with Crippen LogP contribution < -0.4 is 11.5 Å². The fraction of sp³-hybridized carbons (Fsp3) is 1.00. The monoisotopic (exact) mass is 305 g/mol. The molecule has 0 saturated heterocycles. The van der Waals surface area contributed by atoms with Crippen LogP contribution in [0.4, 0.5) is 0 Å². The van der Waals surface area contributed by atoms with Crippen LogP contribution in [0.15, 0.2) is 0 Å². The summed E-state index contributed by atoms with van der Waals surface area (Å²) in [7, 11) is 0. The Bertz CT molecular complexity index is 464. The molecule has 4 aliphatic carbocycles. The van der Waals surface area contributed by atoms with Gasteiger partial charge >= 0.3 is 0 Å². The van der Waals surface area contributed by atoms with Crippen molar-refractivity contribution >= 4 is 0 Å². The van der Waals surface area contributed by atoms with Crippen LogP contribution in [0.3, 0.4) is 0 Å². The molecule has 8 atom stereocenters. The zero-order chi connectivity index (χ0) is 15.8. The largest absolute Gasteiger partial charge is 0.393 e. The second-order valence-corrected chi connectivity index (χ2v) is 9.65. The van der Waals surface area contributed by atoms with E-state index < -0.39 is 5.66 Å². The van der Waals surface area contributed by atoms with Gasteiger partial charge in [-0.25, -0.2) is 5.73 Å². The standard InChI is InChI=1S/C19H33N2O/c1-17-9-10-19(20,21)11-12(17)3-4-13-14-5-6-16(22)18(14,2)8-7-15(13)17/h12-16,20,22H,3-11,21H2,1-2H3/t12-,13?,14?,15?,16+,17+,18+,19+/m1/s1. The molecule has 3 heteroatoms. The van der Waals surface area contributed by atoms with Crippen LogP contribution in [-0.4, -0.2) is 16.9 Å². The second-order valence-electron chi connectivity index (χ2n) is 9.65. The Hall–Kier alpha value is -0.120. The summed E-state index contributed by atoms with van der Waals surface area (Å²) in [4.78, 5) is 0. The molecule has 0 spiro atoms. The average molecular weight is 305 g/mol. The third-order valence-corrected chi connectivity index (χ3v) is 8.74. The van der Waals surface area contributed by atoms with E-state index >= 15 is 0 Å². The molecule has 3 unspecified atom stereocenters. The Morgan fingerprint density at radius 1 is 0.909 bits per heavy atom. The summed E-state index contributed by atoms with van der Waals surface area (Å²) in [5.41, 5.74) is 14.4. The number of fused-ring (bicyclic) bond motifs is 5. The predicted octanol–water partition coefficient (Wildman–Crippen LogP) is 3.33. The summed E-state index contributed by atoms with van der Waals surface area (Å²) < 4.78 is 0. The first-order valence-corrected chi connectivity index (χ1v) is 9.48. The summed E-state index contributed by atoms with van der Waals surface area (Å²) in [6.07, 6.45) is 10.2. The number of aliphatic hydroxyl groups is 1. The van der Waals surface area contributed by atoms with Gasteiger partial charge in [0.2, 0.25) is 0 Å². The maximum Gasteiger partial charge on any atom is 0.0795 e. The van der Waals surface area contributed by atoms with Crippen LogP contribution in [0.25, 0.3) is 0 Å². The van der Waals surface area contributed by atoms with Crippen molar-refractivity contribution in [3.63, 3.8) is 0 Å². The normalized spacial score (nSPS) is 56.9. The van der Waals surface area contributed by atoms with Gasteiger partial charge in [0.1, 0.15) is 0 Å². The predicted molar refractivity (Wildman–Crippen MR) is 87.7 cm³/mol. The second kappa shape index (κ2) is 4.70. The minimum atomic E-state index is -0.677. The minimum Gasteiger partial charge on any atom is -0.393 e. The molecule has 1 radical (unpaired) electrons. The number of aliphatic hydroxyl groups excluding tert-OH is 1. The van der Waals surface area contributed by atoms with Crippen molar-refractivity contribution in [2.45, 2.75) is 83.4 Å². The Morgan fingerprint density at radius 3 is 2.41 bits per heavy atom. The van der Waals surface area contributed by atoms with E-state index in [1.165, 1.54) is 32.1 Å². The van der Waals surface area contributed by atoms with E-state index in [1.807, 2.05) is 0 Å². The van der Waals surface area contributed by atoms with Gasteiger partial charge in [-0.1, -0.05) is 13.8 Å². The summed E-state index contributed by atoms with van der Waals surface area (Å²) in [5.74, 6) is 3.01. The van der Waals surface area contributed by atoms with Crippen LogP contribution in [0.1, 0.15) is 71.6 Å². The van der Waals surface area contributed by atoms with Gasteiger partial charge in [-0.05, 0) is 92.3 Å². The van der Waals surface area contributed by atoms with Crippen LogP contribution in [-0.2, 0) is 0 Å². The van der Waals surface area contributed by atoms with Crippen LogP contribution in [0.5, 0.6) is 0 Å². The maximum atomic E-state index is 10.5. The highest BCUT2D eigenvalue weighted by molar-refractivity contribution is 5.10. The SMILES string of the molecule is C[C@]12CCC3C(CC[C@@H]4C[C@@]([NH])(N)CC[C@]34C)C1CC[C@@H]2O. The zero-order valence-electron chi connectivity index (χ0n) is 14.3. The Balaban J connectivity index is 1.62. The maximum absolute atomic E-state index is 10.5. The smallest absolute Gasteiger partial charge is 0.0795 e. The molecule has 0 heterocycles. The first-order valence-electron chi connectivity index (χ1n) is 9.48. The van der Waals surface area contributed by atoms with E-state index in [0.717, 1.165) is 43.4 Å². The average Bonchev–Trinajstić information content (AvgIpc) is 2.76. The lowest BCUT2D eigenvalue weighted by Crippen LogP contribution is -2.58. The van der Waals surface area contributed by atoms with Crippen LogP contribution in [0, 0.1) is 34.5 Å².